The standard InChI is InChI=1S/C11H18N4OS/c1-7(2)9-6-13-11(17-9)12-5-4-10-14-8(3)16-15-10/h7,9H,4-6H2,1-3H3,(H,12,13). The molecular formula is C11H18N4OS. The molecule has 5 nitrogen and oxygen atoms in total. The average Bonchev–Trinajstić information content (AvgIpc) is 2.88. The van der Waals surface area contributed by atoms with Crippen LogP contribution >= 0.6 is 11.8 Å². The quantitative estimate of drug-likeness (QED) is 0.885. The van der Waals surface area contributed by atoms with Gasteiger partial charge in [0.25, 0.3) is 0 Å². The van der Waals surface area contributed by atoms with E-state index in [9.17, 15) is 0 Å². The van der Waals surface area contributed by atoms with E-state index in [2.05, 4.69) is 34.3 Å². The molecule has 1 N–H and O–H groups in total. The van der Waals surface area contributed by atoms with Gasteiger partial charge in [-0.1, -0.05) is 30.8 Å². The third-order valence-electron chi connectivity index (χ3n) is 2.62. The van der Waals surface area contributed by atoms with Crippen LogP contribution in [0.1, 0.15) is 25.6 Å². The molecule has 1 atom stereocenters. The molecule has 0 aromatic carbocycles. The monoisotopic (exact) mass is 254 g/mol. The van der Waals surface area contributed by atoms with Crippen molar-refractivity contribution >= 4 is 16.9 Å². The van der Waals surface area contributed by atoms with Crippen molar-refractivity contribution in [2.45, 2.75) is 32.4 Å². The van der Waals surface area contributed by atoms with Gasteiger partial charge in [0.2, 0.25) is 5.89 Å². The van der Waals surface area contributed by atoms with Crippen LogP contribution in [0.25, 0.3) is 0 Å². The molecule has 1 aromatic rings. The largest absolute Gasteiger partial charge is 0.364 e. The molecule has 1 aliphatic rings. The van der Waals surface area contributed by atoms with Gasteiger partial charge in [-0.3, -0.25) is 4.99 Å². The highest BCUT2D eigenvalue weighted by atomic mass is 32.2. The van der Waals surface area contributed by atoms with E-state index in [1.807, 2.05) is 11.8 Å². The predicted octanol–water partition coefficient (Wildman–Crippen LogP) is 1.64. The maximum absolute atomic E-state index is 4.91. The minimum absolute atomic E-state index is 0.616. The Morgan fingerprint density at radius 2 is 2.35 bits per heavy atom. The van der Waals surface area contributed by atoms with Crippen molar-refractivity contribution in [1.29, 1.82) is 0 Å². The van der Waals surface area contributed by atoms with Gasteiger partial charge in [0.15, 0.2) is 11.0 Å². The normalized spacial score (nSPS) is 19.8. The molecule has 0 fully saturated rings. The molecule has 0 saturated heterocycles. The third-order valence-corrected chi connectivity index (χ3v) is 4.11. The van der Waals surface area contributed by atoms with E-state index in [0.29, 0.717) is 17.1 Å². The Bertz CT molecular complexity index is 402. The summed E-state index contributed by atoms with van der Waals surface area (Å²) in [6, 6.07) is 0. The second kappa shape index (κ2) is 5.53. The summed E-state index contributed by atoms with van der Waals surface area (Å²) in [5.41, 5.74) is 0. The maximum atomic E-state index is 4.91. The highest BCUT2D eigenvalue weighted by Crippen LogP contribution is 2.25. The number of aryl methyl sites for hydroxylation is 1. The summed E-state index contributed by atoms with van der Waals surface area (Å²) in [4.78, 5) is 8.63. The van der Waals surface area contributed by atoms with Crippen molar-refractivity contribution in [1.82, 2.24) is 15.5 Å². The fraction of sp³-hybridized carbons (Fsp3) is 0.727. The summed E-state index contributed by atoms with van der Waals surface area (Å²) in [5, 5.41) is 8.83. The van der Waals surface area contributed by atoms with E-state index < -0.39 is 0 Å². The van der Waals surface area contributed by atoms with Crippen LogP contribution in [-0.2, 0) is 6.42 Å². The average molecular weight is 254 g/mol. The highest BCUT2D eigenvalue weighted by molar-refractivity contribution is 8.14. The van der Waals surface area contributed by atoms with Crippen LogP contribution in [0.4, 0.5) is 0 Å². The Morgan fingerprint density at radius 1 is 1.53 bits per heavy atom. The lowest BCUT2D eigenvalue weighted by Gasteiger charge is -2.11. The molecule has 0 spiro atoms. The summed E-state index contributed by atoms with van der Waals surface area (Å²) in [7, 11) is 0. The highest BCUT2D eigenvalue weighted by Gasteiger charge is 2.22. The SMILES string of the molecule is Cc1nc(CCNC2=NCC(C(C)C)S2)no1. The zero-order valence-electron chi connectivity index (χ0n) is 10.4. The number of amidine groups is 1. The van der Waals surface area contributed by atoms with Crippen molar-refractivity contribution < 1.29 is 4.52 Å². The molecule has 6 heteroatoms. The molecule has 17 heavy (non-hydrogen) atoms. The van der Waals surface area contributed by atoms with Gasteiger partial charge < -0.3 is 9.84 Å². The lowest BCUT2D eigenvalue weighted by atomic mass is 10.1. The fourth-order valence-corrected chi connectivity index (χ4v) is 2.60. The number of thioether (sulfide) groups is 1. The van der Waals surface area contributed by atoms with E-state index >= 15 is 0 Å². The molecule has 1 unspecified atom stereocenters. The molecule has 2 heterocycles. The molecule has 0 amide bonds. The third kappa shape index (κ3) is 3.46. The van der Waals surface area contributed by atoms with Crippen LogP contribution in [0.2, 0.25) is 0 Å². The molecule has 0 aliphatic carbocycles. The van der Waals surface area contributed by atoms with Gasteiger partial charge in [0.1, 0.15) is 0 Å². The van der Waals surface area contributed by atoms with Gasteiger partial charge in [-0.15, -0.1) is 0 Å². The summed E-state index contributed by atoms with van der Waals surface area (Å²) in [6.45, 7) is 7.99. The second-order valence-electron chi connectivity index (χ2n) is 4.45. The Labute approximate surface area is 105 Å². The minimum atomic E-state index is 0.616. The lowest BCUT2D eigenvalue weighted by Crippen LogP contribution is -2.23. The van der Waals surface area contributed by atoms with Crippen LogP contribution in [0.3, 0.4) is 0 Å². The predicted molar refractivity (Wildman–Crippen MR) is 69.3 cm³/mol. The van der Waals surface area contributed by atoms with E-state index in [1.54, 1.807) is 6.92 Å². The first-order chi connectivity index (χ1) is 8.15. The molecule has 0 saturated carbocycles. The first-order valence-electron chi connectivity index (χ1n) is 5.89. The first kappa shape index (κ1) is 12.4. The van der Waals surface area contributed by atoms with Gasteiger partial charge in [-0.05, 0) is 5.92 Å². The van der Waals surface area contributed by atoms with Gasteiger partial charge in [0.05, 0.1) is 6.54 Å². The van der Waals surface area contributed by atoms with Gasteiger partial charge in [-0.2, -0.15) is 4.98 Å². The number of nitrogens with zero attached hydrogens (tertiary/aromatic N) is 3. The Hall–Kier alpha value is -1.04. The van der Waals surface area contributed by atoms with Crippen LogP contribution in [-0.4, -0.2) is 33.6 Å². The number of hydrogen-bond donors (Lipinski definition) is 1. The maximum Gasteiger partial charge on any atom is 0.223 e. The van der Waals surface area contributed by atoms with Crippen LogP contribution < -0.4 is 5.32 Å². The number of hydrogen-bond acceptors (Lipinski definition) is 6. The Kier molecular flexibility index (Phi) is 4.04. The first-order valence-corrected chi connectivity index (χ1v) is 6.77. The number of aromatic nitrogens is 2. The van der Waals surface area contributed by atoms with E-state index in [4.69, 9.17) is 4.52 Å². The second-order valence-corrected chi connectivity index (χ2v) is 5.68. The molecular weight excluding hydrogens is 236 g/mol. The topological polar surface area (TPSA) is 63.3 Å². The van der Waals surface area contributed by atoms with E-state index in [-0.39, 0.29) is 0 Å². The van der Waals surface area contributed by atoms with Crippen molar-refractivity contribution in [3.63, 3.8) is 0 Å². The number of rotatable bonds is 4. The zero-order valence-corrected chi connectivity index (χ0v) is 11.3. The molecule has 1 aromatic heterocycles. The Morgan fingerprint density at radius 3 is 2.94 bits per heavy atom. The van der Waals surface area contributed by atoms with Crippen LogP contribution in [0.5, 0.6) is 0 Å². The number of nitrogens with one attached hydrogen (secondary N) is 1. The summed E-state index contributed by atoms with van der Waals surface area (Å²) >= 11 is 1.83. The van der Waals surface area contributed by atoms with Gasteiger partial charge >= 0.3 is 0 Å². The van der Waals surface area contributed by atoms with Gasteiger partial charge in [-0.25, -0.2) is 0 Å². The van der Waals surface area contributed by atoms with Crippen LogP contribution in [0, 0.1) is 12.8 Å². The molecule has 2 rings (SSSR count). The molecule has 1 aliphatic heterocycles. The van der Waals surface area contributed by atoms with E-state index in [1.165, 1.54) is 0 Å². The lowest BCUT2D eigenvalue weighted by molar-refractivity contribution is 0.387. The van der Waals surface area contributed by atoms with Crippen molar-refractivity contribution in [2.24, 2.45) is 10.9 Å². The van der Waals surface area contributed by atoms with Gasteiger partial charge in [0, 0.05) is 25.1 Å². The molecule has 0 radical (unpaired) electrons. The van der Waals surface area contributed by atoms with Crippen molar-refractivity contribution in [3.8, 4) is 0 Å². The molecule has 94 valence electrons. The van der Waals surface area contributed by atoms with Crippen molar-refractivity contribution in [2.75, 3.05) is 13.1 Å². The summed E-state index contributed by atoms with van der Waals surface area (Å²) < 4.78 is 4.91. The summed E-state index contributed by atoms with van der Waals surface area (Å²) in [5.74, 6) is 2.04. The fourth-order valence-electron chi connectivity index (χ4n) is 1.56. The van der Waals surface area contributed by atoms with E-state index in [0.717, 1.165) is 30.5 Å². The van der Waals surface area contributed by atoms with Crippen molar-refractivity contribution in [3.05, 3.63) is 11.7 Å². The Balaban J connectivity index is 1.70. The smallest absolute Gasteiger partial charge is 0.223 e. The number of aliphatic imine (C=N–C) groups is 1. The zero-order chi connectivity index (χ0) is 12.3. The summed E-state index contributed by atoms with van der Waals surface area (Å²) in [6.07, 6.45) is 0.767. The molecule has 0 bridgehead atoms. The van der Waals surface area contributed by atoms with Crippen LogP contribution in [0.15, 0.2) is 9.52 Å². The minimum Gasteiger partial charge on any atom is -0.364 e.